The molecular formula is C13H17N3O3. The Bertz CT molecular complexity index is 650. The van der Waals surface area contributed by atoms with Crippen molar-refractivity contribution in [3.63, 3.8) is 0 Å². The molecule has 0 bridgehead atoms. The van der Waals surface area contributed by atoms with Crippen LogP contribution in [0.2, 0.25) is 0 Å². The highest BCUT2D eigenvalue weighted by molar-refractivity contribution is 5.60. The number of rotatable bonds is 4. The number of nitrogens with zero attached hydrogens (tertiary/aromatic N) is 3. The van der Waals surface area contributed by atoms with Crippen LogP contribution >= 0.6 is 0 Å². The maximum absolute atomic E-state index is 12.3. The van der Waals surface area contributed by atoms with Crippen molar-refractivity contribution in [2.45, 2.75) is 13.5 Å². The Balaban J connectivity index is 2.65. The molecule has 0 unspecified atom stereocenters. The summed E-state index contributed by atoms with van der Waals surface area (Å²) in [5.41, 5.74) is -0.655. The van der Waals surface area contributed by atoms with E-state index in [1.807, 2.05) is 6.92 Å². The molecule has 19 heavy (non-hydrogen) atoms. The third-order valence-electron chi connectivity index (χ3n) is 3.35. The molecule has 0 spiro atoms. The van der Waals surface area contributed by atoms with Gasteiger partial charge in [0.1, 0.15) is 5.82 Å². The van der Waals surface area contributed by atoms with Gasteiger partial charge in [0.05, 0.1) is 18.8 Å². The van der Waals surface area contributed by atoms with Gasteiger partial charge >= 0.3 is 5.69 Å². The number of aromatic nitrogens is 2. The standard InChI is InChI=1S/C13H17N3O3/c1-5-9-10(14-3)15(4)12(18)16(11(9)17)6-13(2)7-19-8-13/h5H,1,3,6-8H2,2,4H3. The predicted molar refractivity (Wildman–Crippen MR) is 74.2 cm³/mol. The Hall–Kier alpha value is -1.95. The van der Waals surface area contributed by atoms with E-state index in [0.717, 1.165) is 0 Å². The minimum absolute atomic E-state index is 0.169. The summed E-state index contributed by atoms with van der Waals surface area (Å²) in [6, 6.07) is 0. The summed E-state index contributed by atoms with van der Waals surface area (Å²) >= 11 is 0. The van der Waals surface area contributed by atoms with Gasteiger partial charge in [0.15, 0.2) is 0 Å². The minimum Gasteiger partial charge on any atom is -0.380 e. The fraction of sp³-hybridized carbons (Fsp3) is 0.462. The summed E-state index contributed by atoms with van der Waals surface area (Å²) in [5, 5.41) is 0. The lowest BCUT2D eigenvalue weighted by molar-refractivity contribution is -0.111. The first-order chi connectivity index (χ1) is 8.93. The van der Waals surface area contributed by atoms with E-state index in [2.05, 4.69) is 18.3 Å². The molecule has 102 valence electrons. The zero-order chi connectivity index (χ0) is 14.2. The molecular weight excluding hydrogens is 246 g/mol. The van der Waals surface area contributed by atoms with Gasteiger partial charge in [-0.3, -0.25) is 13.9 Å². The van der Waals surface area contributed by atoms with E-state index >= 15 is 0 Å². The molecule has 0 aromatic carbocycles. The Kier molecular flexibility index (Phi) is 3.28. The van der Waals surface area contributed by atoms with Gasteiger partial charge < -0.3 is 4.74 Å². The number of aliphatic imine (C=N–C) groups is 1. The highest BCUT2D eigenvalue weighted by Crippen LogP contribution is 2.27. The zero-order valence-corrected chi connectivity index (χ0v) is 11.2. The third-order valence-corrected chi connectivity index (χ3v) is 3.35. The number of hydrogen-bond donors (Lipinski definition) is 0. The average molecular weight is 263 g/mol. The van der Waals surface area contributed by atoms with Gasteiger partial charge in [0.2, 0.25) is 0 Å². The van der Waals surface area contributed by atoms with E-state index in [1.165, 1.54) is 15.2 Å². The maximum atomic E-state index is 12.3. The highest BCUT2D eigenvalue weighted by atomic mass is 16.5. The Morgan fingerprint density at radius 1 is 1.47 bits per heavy atom. The second-order valence-electron chi connectivity index (χ2n) is 5.14. The molecule has 1 aliphatic rings. The van der Waals surface area contributed by atoms with Crippen LogP contribution in [-0.2, 0) is 18.3 Å². The lowest BCUT2D eigenvalue weighted by Crippen LogP contribution is -2.50. The van der Waals surface area contributed by atoms with Crippen LogP contribution in [0.25, 0.3) is 6.08 Å². The first kappa shape index (κ1) is 13.5. The molecule has 6 heteroatoms. The molecule has 0 aliphatic carbocycles. The van der Waals surface area contributed by atoms with Crippen molar-refractivity contribution in [3.05, 3.63) is 33.0 Å². The molecule has 1 saturated heterocycles. The van der Waals surface area contributed by atoms with Crippen LogP contribution < -0.4 is 11.2 Å². The van der Waals surface area contributed by atoms with Crippen LogP contribution in [-0.4, -0.2) is 29.1 Å². The second kappa shape index (κ2) is 4.62. The lowest BCUT2D eigenvalue weighted by atomic mass is 9.88. The topological polar surface area (TPSA) is 65.6 Å². The van der Waals surface area contributed by atoms with Crippen molar-refractivity contribution in [3.8, 4) is 0 Å². The molecule has 2 rings (SSSR count). The lowest BCUT2D eigenvalue weighted by Gasteiger charge is -2.38. The molecule has 1 aliphatic heterocycles. The molecule has 1 fully saturated rings. The largest absolute Gasteiger partial charge is 0.380 e. The molecule has 0 atom stereocenters. The van der Waals surface area contributed by atoms with E-state index in [0.29, 0.717) is 25.3 Å². The Morgan fingerprint density at radius 2 is 2.11 bits per heavy atom. The number of ether oxygens (including phenoxy) is 1. The summed E-state index contributed by atoms with van der Waals surface area (Å²) in [5.74, 6) is 0.247. The van der Waals surface area contributed by atoms with Gasteiger partial charge in [-0.1, -0.05) is 19.6 Å². The van der Waals surface area contributed by atoms with Gasteiger partial charge in [-0.15, -0.1) is 0 Å². The fourth-order valence-corrected chi connectivity index (χ4v) is 2.21. The van der Waals surface area contributed by atoms with E-state index < -0.39 is 5.69 Å². The molecule has 1 aromatic heterocycles. The smallest absolute Gasteiger partial charge is 0.332 e. The molecule has 0 amide bonds. The minimum atomic E-state index is -0.397. The van der Waals surface area contributed by atoms with E-state index in [-0.39, 0.29) is 16.8 Å². The normalized spacial score (nSPS) is 16.7. The average Bonchev–Trinajstić information content (AvgIpc) is 2.36. The first-order valence-corrected chi connectivity index (χ1v) is 5.94. The van der Waals surface area contributed by atoms with Crippen LogP contribution in [0.4, 0.5) is 5.82 Å². The monoisotopic (exact) mass is 263 g/mol. The Morgan fingerprint density at radius 3 is 2.53 bits per heavy atom. The molecule has 1 aromatic rings. The molecule has 0 N–H and O–H groups in total. The fourth-order valence-electron chi connectivity index (χ4n) is 2.21. The summed E-state index contributed by atoms with van der Waals surface area (Å²) in [6.45, 7) is 10.4. The predicted octanol–water partition coefficient (Wildman–Crippen LogP) is 0.559. The molecule has 0 radical (unpaired) electrons. The van der Waals surface area contributed by atoms with Crippen LogP contribution in [0.15, 0.2) is 21.2 Å². The highest BCUT2D eigenvalue weighted by Gasteiger charge is 2.35. The zero-order valence-electron chi connectivity index (χ0n) is 11.2. The van der Waals surface area contributed by atoms with Gasteiger partial charge in [0.25, 0.3) is 5.56 Å². The van der Waals surface area contributed by atoms with Crippen molar-refractivity contribution in [1.29, 1.82) is 0 Å². The second-order valence-corrected chi connectivity index (χ2v) is 5.14. The van der Waals surface area contributed by atoms with Crippen LogP contribution in [0.1, 0.15) is 12.5 Å². The van der Waals surface area contributed by atoms with Crippen LogP contribution in [0, 0.1) is 5.41 Å². The van der Waals surface area contributed by atoms with Crippen LogP contribution in [0.5, 0.6) is 0 Å². The van der Waals surface area contributed by atoms with Crippen molar-refractivity contribution < 1.29 is 4.74 Å². The summed E-state index contributed by atoms with van der Waals surface area (Å²) < 4.78 is 7.68. The third kappa shape index (κ3) is 2.08. The van der Waals surface area contributed by atoms with Gasteiger partial charge in [-0.25, -0.2) is 9.79 Å². The van der Waals surface area contributed by atoms with Crippen molar-refractivity contribution >= 4 is 18.6 Å². The van der Waals surface area contributed by atoms with E-state index in [9.17, 15) is 9.59 Å². The molecule has 0 saturated carbocycles. The molecule has 6 nitrogen and oxygen atoms in total. The van der Waals surface area contributed by atoms with E-state index in [1.54, 1.807) is 7.05 Å². The summed E-state index contributed by atoms with van der Waals surface area (Å²) in [4.78, 5) is 28.3. The maximum Gasteiger partial charge on any atom is 0.332 e. The van der Waals surface area contributed by atoms with Crippen LogP contribution in [0.3, 0.4) is 0 Å². The van der Waals surface area contributed by atoms with Gasteiger partial charge in [-0.05, 0) is 6.72 Å². The number of hydrogen-bond acceptors (Lipinski definition) is 4. The van der Waals surface area contributed by atoms with Crippen molar-refractivity contribution in [2.24, 2.45) is 17.5 Å². The van der Waals surface area contributed by atoms with Crippen molar-refractivity contribution in [2.75, 3.05) is 13.2 Å². The molecule has 2 heterocycles. The summed E-state index contributed by atoms with van der Waals surface area (Å²) in [7, 11) is 1.56. The summed E-state index contributed by atoms with van der Waals surface area (Å²) in [6.07, 6.45) is 1.40. The van der Waals surface area contributed by atoms with Crippen molar-refractivity contribution in [1.82, 2.24) is 9.13 Å². The SMILES string of the molecule is C=Cc1c(N=C)n(C)c(=O)n(CC2(C)COC2)c1=O. The quantitative estimate of drug-likeness (QED) is 0.745. The van der Waals surface area contributed by atoms with E-state index in [4.69, 9.17) is 4.74 Å². The van der Waals surface area contributed by atoms with Gasteiger partial charge in [-0.2, -0.15) is 0 Å². The van der Waals surface area contributed by atoms with Gasteiger partial charge in [0, 0.05) is 19.0 Å². The first-order valence-electron chi connectivity index (χ1n) is 5.94. The Labute approximate surface area is 110 Å².